The molecule has 1 aromatic heterocycles. The first-order valence-electron chi connectivity index (χ1n) is 5.63. The molecule has 1 aliphatic rings. The molecule has 2 rings (SSSR count). The zero-order chi connectivity index (χ0) is 11.7. The highest BCUT2D eigenvalue weighted by Crippen LogP contribution is 2.32. The summed E-state index contributed by atoms with van der Waals surface area (Å²) in [5.74, 6) is 0.152. The van der Waals surface area contributed by atoms with Crippen LogP contribution in [0.25, 0.3) is 0 Å². The Bertz CT molecular complexity index is 414. The number of aromatic nitrogens is 2. The first kappa shape index (κ1) is 11.6. The SMILES string of the molecule is CCCc1nc(Br)c2n1C(C(=O)O)CCC2. The zero-order valence-electron chi connectivity index (χ0n) is 9.24. The summed E-state index contributed by atoms with van der Waals surface area (Å²) in [6.45, 7) is 2.08. The van der Waals surface area contributed by atoms with Crippen LogP contribution >= 0.6 is 15.9 Å². The Balaban J connectivity index is 2.47. The van der Waals surface area contributed by atoms with E-state index in [0.29, 0.717) is 6.42 Å². The number of hydrogen-bond donors (Lipinski definition) is 1. The number of hydrogen-bond acceptors (Lipinski definition) is 2. The van der Waals surface area contributed by atoms with E-state index < -0.39 is 12.0 Å². The summed E-state index contributed by atoms with van der Waals surface area (Å²) in [7, 11) is 0. The molecular formula is C11H15BrN2O2. The summed E-state index contributed by atoms with van der Waals surface area (Å²) in [6.07, 6.45) is 4.37. The first-order chi connectivity index (χ1) is 7.65. The Morgan fingerprint density at radius 1 is 1.69 bits per heavy atom. The van der Waals surface area contributed by atoms with Crippen molar-refractivity contribution in [1.82, 2.24) is 9.55 Å². The van der Waals surface area contributed by atoms with Gasteiger partial charge in [-0.2, -0.15) is 0 Å². The summed E-state index contributed by atoms with van der Waals surface area (Å²) < 4.78 is 2.74. The lowest BCUT2D eigenvalue weighted by atomic mass is 10.0. The molecule has 88 valence electrons. The Morgan fingerprint density at radius 3 is 3.06 bits per heavy atom. The number of nitrogens with zero attached hydrogens (tertiary/aromatic N) is 2. The second-order valence-electron chi connectivity index (χ2n) is 4.13. The summed E-state index contributed by atoms with van der Waals surface area (Å²) in [4.78, 5) is 15.6. The van der Waals surface area contributed by atoms with Gasteiger partial charge < -0.3 is 9.67 Å². The van der Waals surface area contributed by atoms with Crippen molar-refractivity contribution in [3.8, 4) is 0 Å². The van der Waals surface area contributed by atoms with E-state index in [1.807, 2.05) is 4.57 Å². The van der Waals surface area contributed by atoms with Crippen LogP contribution in [-0.2, 0) is 17.6 Å². The van der Waals surface area contributed by atoms with Crippen LogP contribution in [0.2, 0.25) is 0 Å². The summed E-state index contributed by atoms with van der Waals surface area (Å²) in [6, 6.07) is -0.427. The number of carboxylic acid groups (broad SMARTS) is 1. The van der Waals surface area contributed by atoms with Gasteiger partial charge in [-0.05, 0) is 41.6 Å². The van der Waals surface area contributed by atoms with Crippen LogP contribution in [0.15, 0.2) is 4.60 Å². The molecule has 0 saturated heterocycles. The van der Waals surface area contributed by atoms with Gasteiger partial charge in [0.25, 0.3) is 0 Å². The lowest BCUT2D eigenvalue weighted by Crippen LogP contribution is -2.26. The average Bonchev–Trinajstić information content (AvgIpc) is 2.57. The summed E-state index contributed by atoms with van der Waals surface area (Å²) in [5.41, 5.74) is 1.04. The number of halogens is 1. The molecule has 0 aliphatic carbocycles. The molecule has 0 fully saturated rings. The van der Waals surface area contributed by atoms with E-state index in [2.05, 4.69) is 27.8 Å². The number of aliphatic carboxylic acids is 1. The summed E-state index contributed by atoms with van der Waals surface area (Å²) in [5, 5.41) is 9.22. The highest BCUT2D eigenvalue weighted by atomic mass is 79.9. The molecule has 0 radical (unpaired) electrons. The van der Waals surface area contributed by atoms with E-state index in [1.54, 1.807) is 0 Å². The topological polar surface area (TPSA) is 55.1 Å². The molecule has 2 heterocycles. The van der Waals surface area contributed by atoms with E-state index in [9.17, 15) is 9.90 Å². The minimum Gasteiger partial charge on any atom is -0.480 e. The zero-order valence-corrected chi connectivity index (χ0v) is 10.8. The first-order valence-corrected chi connectivity index (χ1v) is 6.42. The standard InChI is InChI=1S/C11H15BrN2O2/c1-2-4-9-13-10(12)7-5-3-6-8(11(15)16)14(7)9/h8H,2-6H2,1H3,(H,15,16). The fourth-order valence-corrected chi connectivity index (χ4v) is 2.90. The average molecular weight is 287 g/mol. The van der Waals surface area contributed by atoms with Crippen LogP contribution in [0.3, 0.4) is 0 Å². The third-order valence-electron chi connectivity index (χ3n) is 3.00. The molecule has 1 aliphatic heterocycles. The third kappa shape index (κ3) is 1.88. The minimum atomic E-state index is -0.747. The van der Waals surface area contributed by atoms with Crippen molar-refractivity contribution >= 4 is 21.9 Å². The van der Waals surface area contributed by atoms with Crippen LogP contribution < -0.4 is 0 Å². The van der Waals surface area contributed by atoms with Gasteiger partial charge >= 0.3 is 5.97 Å². The lowest BCUT2D eigenvalue weighted by molar-refractivity contribution is -0.141. The van der Waals surface area contributed by atoms with Gasteiger partial charge in [-0.25, -0.2) is 9.78 Å². The van der Waals surface area contributed by atoms with Gasteiger partial charge in [-0.3, -0.25) is 0 Å². The fraction of sp³-hybridized carbons (Fsp3) is 0.636. The number of rotatable bonds is 3. The maximum atomic E-state index is 11.2. The van der Waals surface area contributed by atoms with Crippen molar-refractivity contribution in [2.75, 3.05) is 0 Å². The van der Waals surface area contributed by atoms with Crippen LogP contribution in [0.1, 0.15) is 43.7 Å². The Morgan fingerprint density at radius 2 is 2.44 bits per heavy atom. The van der Waals surface area contributed by atoms with E-state index in [0.717, 1.165) is 41.8 Å². The number of imidazole rings is 1. The quantitative estimate of drug-likeness (QED) is 0.929. The highest BCUT2D eigenvalue weighted by molar-refractivity contribution is 9.10. The molecule has 0 saturated carbocycles. The van der Waals surface area contributed by atoms with Crippen molar-refractivity contribution in [2.45, 2.75) is 45.1 Å². The molecule has 0 spiro atoms. The molecular weight excluding hydrogens is 272 g/mol. The molecule has 0 bridgehead atoms. The van der Waals surface area contributed by atoms with Crippen LogP contribution in [0.4, 0.5) is 0 Å². The molecule has 0 amide bonds. The third-order valence-corrected chi connectivity index (χ3v) is 3.63. The Hall–Kier alpha value is -0.840. The largest absolute Gasteiger partial charge is 0.480 e. The molecule has 0 aromatic carbocycles. The van der Waals surface area contributed by atoms with Gasteiger partial charge in [0.2, 0.25) is 0 Å². The summed E-state index contributed by atoms with van der Waals surface area (Å²) >= 11 is 3.42. The van der Waals surface area contributed by atoms with Crippen LogP contribution in [0.5, 0.6) is 0 Å². The lowest BCUT2D eigenvalue weighted by Gasteiger charge is -2.24. The second-order valence-corrected chi connectivity index (χ2v) is 4.88. The number of fused-ring (bicyclic) bond motifs is 1. The molecule has 4 nitrogen and oxygen atoms in total. The fourth-order valence-electron chi connectivity index (χ4n) is 2.30. The van der Waals surface area contributed by atoms with E-state index in [4.69, 9.17) is 0 Å². The molecule has 16 heavy (non-hydrogen) atoms. The Kier molecular flexibility index (Phi) is 3.33. The second kappa shape index (κ2) is 4.57. The molecule has 1 N–H and O–H groups in total. The maximum absolute atomic E-state index is 11.2. The highest BCUT2D eigenvalue weighted by Gasteiger charge is 2.30. The maximum Gasteiger partial charge on any atom is 0.326 e. The molecule has 5 heteroatoms. The van der Waals surface area contributed by atoms with Crippen molar-refractivity contribution in [3.63, 3.8) is 0 Å². The molecule has 1 atom stereocenters. The minimum absolute atomic E-state index is 0.427. The van der Waals surface area contributed by atoms with Crippen LogP contribution in [-0.4, -0.2) is 20.6 Å². The van der Waals surface area contributed by atoms with E-state index in [-0.39, 0.29) is 0 Å². The molecule has 1 unspecified atom stereocenters. The number of carbonyl (C=O) groups is 1. The van der Waals surface area contributed by atoms with Gasteiger partial charge in [0.05, 0.1) is 5.69 Å². The predicted molar refractivity (Wildman–Crippen MR) is 63.5 cm³/mol. The van der Waals surface area contributed by atoms with Gasteiger partial charge in [0.1, 0.15) is 16.5 Å². The predicted octanol–water partition coefficient (Wildman–Crippen LogP) is 2.56. The van der Waals surface area contributed by atoms with E-state index in [1.165, 1.54) is 0 Å². The molecule has 1 aromatic rings. The van der Waals surface area contributed by atoms with Gasteiger partial charge in [0, 0.05) is 6.42 Å². The van der Waals surface area contributed by atoms with Crippen molar-refractivity contribution in [1.29, 1.82) is 0 Å². The van der Waals surface area contributed by atoms with Gasteiger partial charge in [-0.1, -0.05) is 6.92 Å². The van der Waals surface area contributed by atoms with Crippen LogP contribution in [0, 0.1) is 0 Å². The Labute approximate surface area is 103 Å². The van der Waals surface area contributed by atoms with Crippen molar-refractivity contribution in [3.05, 3.63) is 16.1 Å². The monoisotopic (exact) mass is 286 g/mol. The van der Waals surface area contributed by atoms with E-state index >= 15 is 0 Å². The van der Waals surface area contributed by atoms with Crippen molar-refractivity contribution < 1.29 is 9.90 Å². The van der Waals surface area contributed by atoms with Gasteiger partial charge in [0.15, 0.2) is 0 Å². The number of aryl methyl sites for hydroxylation is 1. The normalized spacial score (nSPS) is 19.5. The van der Waals surface area contributed by atoms with Gasteiger partial charge in [-0.15, -0.1) is 0 Å². The smallest absolute Gasteiger partial charge is 0.326 e. The number of carboxylic acids is 1. The van der Waals surface area contributed by atoms with Crippen molar-refractivity contribution in [2.24, 2.45) is 0 Å².